The van der Waals surface area contributed by atoms with E-state index in [0.29, 0.717) is 5.56 Å². The predicted molar refractivity (Wildman–Crippen MR) is 76.0 cm³/mol. The summed E-state index contributed by atoms with van der Waals surface area (Å²) in [5.41, 5.74) is 0.656. The van der Waals surface area contributed by atoms with Crippen molar-refractivity contribution in [3.05, 3.63) is 35.1 Å². The van der Waals surface area contributed by atoms with Crippen LogP contribution in [-0.2, 0) is 21.5 Å². The molecule has 0 unspecified atom stereocenters. The first kappa shape index (κ1) is 17.6. The Labute approximate surface area is 123 Å². The highest BCUT2D eigenvalue weighted by Crippen LogP contribution is 2.10. The third-order valence-electron chi connectivity index (χ3n) is 2.41. The fraction of sp³-hybridized carbons (Fsp3) is 0.385. The molecule has 0 aliphatic carbocycles. The molecule has 1 aromatic rings. The number of halogens is 1. The van der Waals surface area contributed by atoms with Crippen LogP contribution in [0.2, 0.25) is 0 Å². The minimum Gasteiger partial charge on any atom is -0.384 e. The predicted octanol–water partition coefficient (Wildman–Crippen LogP) is -0.260. The average Bonchev–Trinajstić information content (AvgIpc) is 2.45. The zero-order chi connectivity index (χ0) is 15.7. The van der Waals surface area contributed by atoms with Crippen LogP contribution < -0.4 is 9.44 Å². The van der Waals surface area contributed by atoms with Crippen molar-refractivity contribution in [3.8, 4) is 11.8 Å². The Kier molecular flexibility index (Phi) is 7.28. The Hall–Kier alpha value is -1.50. The maximum atomic E-state index is 13.6. The second-order valence-corrected chi connectivity index (χ2v) is 5.56. The summed E-state index contributed by atoms with van der Waals surface area (Å²) in [5.74, 6) is 4.52. The first-order valence-electron chi connectivity index (χ1n) is 6.10. The third kappa shape index (κ3) is 6.66. The lowest BCUT2D eigenvalue weighted by Crippen LogP contribution is -2.37. The molecule has 0 saturated heterocycles. The molecule has 0 radical (unpaired) electrons. The maximum absolute atomic E-state index is 13.6. The van der Waals surface area contributed by atoms with Crippen molar-refractivity contribution in [2.24, 2.45) is 0 Å². The molecule has 1 rings (SSSR count). The summed E-state index contributed by atoms with van der Waals surface area (Å²) in [5, 5.41) is 8.61. The van der Waals surface area contributed by atoms with Gasteiger partial charge in [0.15, 0.2) is 0 Å². The Morgan fingerprint density at radius 3 is 2.81 bits per heavy atom. The number of nitrogens with one attached hydrogen (secondary N) is 2. The summed E-state index contributed by atoms with van der Waals surface area (Å²) >= 11 is 0. The number of ether oxygens (including phenoxy) is 1. The van der Waals surface area contributed by atoms with Gasteiger partial charge in [0.05, 0.1) is 6.61 Å². The van der Waals surface area contributed by atoms with E-state index in [-0.39, 0.29) is 31.9 Å². The van der Waals surface area contributed by atoms with Gasteiger partial charge < -0.3 is 9.84 Å². The minimum absolute atomic E-state index is 0.121. The van der Waals surface area contributed by atoms with E-state index in [9.17, 15) is 12.8 Å². The number of methoxy groups -OCH3 is 1. The topological polar surface area (TPSA) is 87.7 Å². The molecule has 0 fully saturated rings. The standard InChI is InChI=1S/C13H17FN2O4S/c1-20-8-6-15-21(18,19)16-10-12-9-11(3-2-7-17)4-5-13(12)14/h4-5,9,15-17H,6-8,10H2,1H3. The zero-order valence-corrected chi connectivity index (χ0v) is 12.3. The first-order chi connectivity index (χ1) is 9.98. The Morgan fingerprint density at radius 1 is 1.38 bits per heavy atom. The fourth-order valence-electron chi connectivity index (χ4n) is 1.43. The highest BCUT2D eigenvalue weighted by Gasteiger charge is 2.10. The van der Waals surface area contributed by atoms with Crippen LogP contribution in [0, 0.1) is 17.7 Å². The van der Waals surface area contributed by atoms with Crippen LogP contribution in [0.15, 0.2) is 18.2 Å². The number of aliphatic hydroxyl groups is 1. The monoisotopic (exact) mass is 316 g/mol. The molecule has 0 saturated carbocycles. The third-order valence-corrected chi connectivity index (χ3v) is 3.52. The molecule has 0 spiro atoms. The van der Waals surface area contributed by atoms with E-state index < -0.39 is 16.0 Å². The summed E-state index contributed by atoms with van der Waals surface area (Å²) < 4.78 is 46.0. The van der Waals surface area contributed by atoms with E-state index in [0.717, 1.165) is 0 Å². The molecule has 3 N–H and O–H groups in total. The molecule has 0 atom stereocenters. The van der Waals surface area contributed by atoms with Gasteiger partial charge in [-0.25, -0.2) is 4.39 Å². The highest BCUT2D eigenvalue weighted by molar-refractivity contribution is 7.87. The van der Waals surface area contributed by atoms with Gasteiger partial charge in [-0.3, -0.25) is 0 Å². The van der Waals surface area contributed by atoms with Crippen LogP contribution in [0.5, 0.6) is 0 Å². The number of aliphatic hydroxyl groups excluding tert-OH is 1. The van der Waals surface area contributed by atoms with E-state index in [1.165, 1.54) is 25.3 Å². The second kappa shape index (κ2) is 8.71. The molecule has 8 heteroatoms. The van der Waals surface area contributed by atoms with E-state index in [2.05, 4.69) is 21.3 Å². The van der Waals surface area contributed by atoms with Crippen molar-refractivity contribution < 1.29 is 22.7 Å². The maximum Gasteiger partial charge on any atom is 0.277 e. The van der Waals surface area contributed by atoms with Crippen molar-refractivity contribution in [3.63, 3.8) is 0 Å². The first-order valence-corrected chi connectivity index (χ1v) is 7.58. The lowest BCUT2D eigenvalue weighted by molar-refractivity contribution is 0.204. The normalized spacial score (nSPS) is 11.0. The lowest BCUT2D eigenvalue weighted by atomic mass is 10.1. The molecule has 1 aromatic carbocycles. The van der Waals surface area contributed by atoms with Crippen LogP contribution in [0.3, 0.4) is 0 Å². The summed E-state index contributed by atoms with van der Waals surface area (Å²) in [6.45, 7) is -0.149. The summed E-state index contributed by atoms with van der Waals surface area (Å²) in [4.78, 5) is 0. The van der Waals surface area contributed by atoms with Gasteiger partial charge in [-0.05, 0) is 18.2 Å². The Bertz CT molecular complexity index is 623. The number of benzene rings is 1. The Balaban J connectivity index is 2.70. The largest absolute Gasteiger partial charge is 0.384 e. The molecule has 0 amide bonds. The van der Waals surface area contributed by atoms with Gasteiger partial charge >= 0.3 is 0 Å². The van der Waals surface area contributed by atoms with Gasteiger partial charge in [-0.2, -0.15) is 17.9 Å². The van der Waals surface area contributed by atoms with Gasteiger partial charge in [0, 0.05) is 31.3 Å². The Morgan fingerprint density at radius 2 is 2.14 bits per heavy atom. The van der Waals surface area contributed by atoms with Crippen molar-refractivity contribution in [2.75, 3.05) is 26.9 Å². The van der Waals surface area contributed by atoms with Crippen LogP contribution in [0.25, 0.3) is 0 Å². The number of hydrogen-bond acceptors (Lipinski definition) is 4. The van der Waals surface area contributed by atoms with Crippen molar-refractivity contribution >= 4 is 10.2 Å². The van der Waals surface area contributed by atoms with Crippen LogP contribution in [0.4, 0.5) is 4.39 Å². The van der Waals surface area contributed by atoms with Crippen molar-refractivity contribution in [1.29, 1.82) is 0 Å². The van der Waals surface area contributed by atoms with Crippen LogP contribution in [0.1, 0.15) is 11.1 Å². The molecule has 0 heterocycles. The minimum atomic E-state index is -3.72. The van der Waals surface area contributed by atoms with Gasteiger partial charge in [0.2, 0.25) is 0 Å². The number of rotatable bonds is 7. The van der Waals surface area contributed by atoms with E-state index in [4.69, 9.17) is 9.84 Å². The van der Waals surface area contributed by atoms with Gasteiger partial charge in [0.1, 0.15) is 12.4 Å². The molecule has 0 aliphatic heterocycles. The fourth-order valence-corrected chi connectivity index (χ4v) is 2.23. The highest BCUT2D eigenvalue weighted by atomic mass is 32.2. The molecule has 6 nitrogen and oxygen atoms in total. The summed E-state index contributed by atoms with van der Waals surface area (Å²) in [6, 6.07) is 4.08. The molecule has 0 aromatic heterocycles. The molecule has 116 valence electrons. The van der Waals surface area contributed by atoms with E-state index >= 15 is 0 Å². The van der Waals surface area contributed by atoms with Gasteiger partial charge in [-0.15, -0.1) is 0 Å². The van der Waals surface area contributed by atoms with Crippen molar-refractivity contribution in [1.82, 2.24) is 9.44 Å². The average molecular weight is 316 g/mol. The molecule has 0 bridgehead atoms. The smallest absolute Gasteiger partial charge is 0.277 e. The molecular weight excluding hydrogens is 299 g/mol. The SMILES string of the molecule is COCCNS(=O)(=O)NCc1cc(C#CCO)ccc1F. The lowest BCUT2D eigenvalue weighted by Gasteiger charge is -2.09. The summed E-state index contributed by atoms with van der Waals surface area (Å²) in [6.07, 6.45) is 0. The van der Waals surface area contributed by atoms with Gasteiger partial charge in [0.25, 0.3) is 10.2 Å². The zero-order valence-electron chi connectivity index (χ0n) is 11.5. The van der Waals surface area contributed by atoms with E-state index in [1.807, 2.05) is 0 Å². The summed E-state index contributed by atoms with van der Waals surface area (Å²) in [7, 11) is -2.27. The van der Waals surface area contributed by atoms with Crippen molar-refractivity contribution in [2.45, 2.75) is 6.54 Å². The van der Waals surface area contributed by atoms with Gasteiger partial charge in [-0.1, -0.05) is 11.8 Å². The molecular formula is C13H17FN2O4S. The molecule has 0 aliphatic rings. The quantitative estimate of drug-likeness (QED) is 0.478. The van der Waals surface area contributed by atoms with Crippen LogP contribution >= 0.6 is 0 Å². The molecule has 21 heavy (non-hydrogen) atoms. The van der Waals surface area contributed by atoms with Crippen LogP contribution in [-0.4, -0.2) is 40.4 Å². The van der Waals surface area contributed by atoms with E-state index in [1.54, 1.807) is 0 Å². The number of hydrogen-bond donors (Lipinski definition) is 3. The second-order valence-electron chi connectivity index (χ2n) is 3.98.